The van der Waals surface area contributed by atoms with E-state index in [0.29, 0.717) is 30.8 Å². The van der Waals surface area contributed by atoms with Crippen LogP contribution in [0.15, 0.2) is 36.7 Å². The summed E-state index contributed by atoms with van der Waals surface area (Å²) in [6.07, 6.45) is 2.87. The Balaban J connectivity index is 1.89. The number of anilines is 2. The molecule has 3 rings (SSSR count). The number of carboxylic acids is 1. The first-order chi connectivity index (χ1) is 12.4. The summed E-state index contributed by atoms with van der Waals surface area (Å²) in [7, 11) is 3.78. The highest BCUT2D eigenvalue weighted by molar-refractivity contribution is 5.76. The molecule has 0 aliphatic carbocycles. The molecule has 0 radical (unpaired) electrons. The van der Waals surface area contributed by atoms with Crippen LogP contribution in [-0.4, -0.2) is 48.2 Å². The monoisotopic (exact) mass is 358 g/mol. The molecule has 6 nitrogen and oxygen atoms in total. The Hall–Kier alpha value is -2.70. The van der Waals surface area contributed by atoms with Crippen molar-refractivity contribution in [1.29, 1.82) is 0 Å². The normalized spacial score (nSPS) is 20.0. The Bertz CT molecular complexity index is 799. The molecule has 138 valence electrons. The lowest BCUT2D eigenvalue weighted by Gasteiger charge is -2.40. The van der Waals surface area contributed by atoms with Gasteiger partial charge in [-0.15, -0.1) is 0 Å². The standard InChI is InChI=1S/C19H23FN4O2/c1-23(2)16-10-17(22-13-21-16)24-9-5-8-19(12-24,18(25)26)11-14-6-3-4-7-15(14)20/h3-4,6-7,10,13H,5,8-9,11-12H2,1-2H3,(H,25,26). The van der Waals surface area contributed by atoms with E-state index in [-0.39, 0.29) is 12.2 Å². The molecular weight excluding hydrogens is 335 g/mol. The second-order valence-corrected chi connectivity index (χ2v) is 7.01. The van der Waals surface area contributed by atoms with Crippen LogP contribution in [0.5, 0.6) is 0 Å². The Kier molecular flexibility index (Phi) is 5.06. The summed E-state index contributed by atoms with van der Waals surface area (Å²) in [5, 5.41) is 9.96. The van der Waals surface area contributed by atoms with Gasteiger partial charge in [0.05, 0.1) is 5.41 Å². The fourth-order valence-corrected chi connectivity index (χ4v) is 3.48. The van der Waals surface area contributed by atoms with Crippen molar-refractivity contribution < 1.29 is 14.3 Å². The minimum atomic E-state index is -1.04. The number of aromatic nitrogens is 2. The van der Waals surface area contributed by atoms with Crippen LogP contribution < -0.4 is 9.80 Å². The number of aliphatic carboxylic acids is 1. The zero-order valence-corrected chi connectivity index (χ0v) is 15.0. The molecule has 2 heterocycles. The summed E-state index contributed by atoms with van der Waals surface area (Å²) >= 11 is 0. The minimum Gasteiger partial charge on any atom is -0.481 e. The molecule has 1 aliphatic heterocycles. The molecule has 2 aromatic rings. The summed E-state index contributed by atoms with van der Waals surface area (Å²) in [4.78, 5) is 24.5. The first-order valence-electron chi connectivity index (χ1n) is 8.62. The number of hydrogen-bond donors (Lipinski definition) is 1. The van der Waals surface area contributed by atoms with Gasteiger partial charge in [-0.25, -0.2) is 14.4 Å². The van der Waals surface area contributed by atoms with Crippen LogP contribution in [0.3, 0.4) is 0 Å². The predicted molar refractivity (Wildman–Crippen MR) is 98.0 cm³/mol. The maximum absolute atomic E-state index is 14.1. The van der Waals surface area contributed by atoms with Crippen LogP contribution >= 0.6 is 0 Å². The lowest BCUT2D eigenvalue weighted by Crippen LogP contribution is -2.49. The van der Waals surface area contributed by atoms with Gasteiger partial charge in [0, 0.05) is 33.3 Å². The lowest BCUT2D eigenvalue weighted by atomic mass is 9.75. The van der Waals surface area contributed by atoms with Crippen molar-refractivity contribution in [2.75, 3.05) is 37.0 Å². The molecule has 7 heteroatoms. The lowest BCUT2D eigenvalue weighted by molar-refractivity contribution is -0.149. The Labute approximate surface area is 152 Å². The van der Waals surface area contributed by atoms with Gasteiger partial charge in [-0.05, 0) is 30.9 Å². The predicted octanol–water partition coefficient (Wildman–Crippen LogP) is 2.60. The maximum atomic E-state index is 14.1. The van der Waals surface area contributed by atoms with Crippen LogP contribution in [-0.2, 0) is 11.2 Å². The first kappa shape index (κ1) is 18.1. The summed E-state index contributed by atoms with van der Waals surface area (Å²) in [6.45, 7) is 1.01. The van der Waals surface area contributed by atoms with Gasteiger partial charge >= 0.3 is 5.97 Å². The van der Waals surface area contributed by atoms with E-state index < -0.39 is 11.4 Å². The van der Waals surface area contributed by atoms with Crippen molar-refractivity contribution in [1.82, 2.24) is 9.97 Å². The zero-order chi connectivity index (χ0) is 18.7. The van der Waals surface area contributed by atoms with Gasteiger partial charge in [-0.1, -0.05) is 18.2 Å². The Morgan fingerprint density at radius 2 is 2.12 bits per heavy atom. The molecular formula is C19H23FN4O2. The minimum absolute atomic E-state index is 0.164. The van der Waals surface area contributed by atoms with Gasteiger partial charge in [0.25, 0.3) is 0 Å². The molecule has 0 saturated carbocycles. The average Bonchev–Trinajstić information content (AvgIpc) is 2.64. The number of halogens is 1. The highest BCUT2D eigenvalue weighted by Crippen LogP contribution is 2.36. The van der Waals surface area contributed by atoms with E-state index in [4.69, 9.17) is 0 Å². The van der Waals surface area contributed by atoms with E-state index >= 15 is 0 Å². The van der Waals surface area contributed by atoms with Gasteiger partial charge in [0.1, 0.15) is 23.8 Å². The fraction of sp³-hybridized carbons (Fsp3) is 0.421. The third kappa shape index (κ3) is 3.61. The summed E-state index contributed by atoms with van der Waals surface area (Å²) < 4.78 is 14.1. The highest BCUT2D eigenvalue weighted by Gasteiger charge is 2.43. The smallest absolute Gasteiger partial charge is 0.311 e. The molecule has 0 bridgehead atoms. The van der Waals surface area contributed by atoms with Crippen LogP contribution in [0, 0.1) is 11.2 Å². The number of carbonyl (C=O) groups is 1. The number of rotatable bonds is 5. The molecule has 1 atom stereocenters. The third-order valence-corrected chi connectivity index (χ3v) is 4.94. The molecule has 1 N–H and O–H groups in total. The van der Waals surface area contributed by atoms with E-state index in [2.05, 4.69) is 9.97 Å². The van der Waals surface area contributed by atoms with E-state index in [1.807, 2.05) is 30.0 Å². The van der Waals surface area contributed by atoms with Gasteiger partial charge in [-0.2, -0.15) is 0 Å². The van der Waals surface area contributed by atoms with Crippen LogP contribution in [0.1, 0.15) is 18.4 Å². The van der Waals surface area contributed by atoms with Gasteiger partial charge in [-0.3, -0.25) is 4.79 Å². The fourth-order valence-electron chi connectivity index (χ4n) is 3.48. The first-order valence-corrected chi connectivity index (χ1v) is 8.62. The van der Waals surface area contributed by atoms with Gasteiger partial charge < -0.3 is 14.9 Å². The van der Waals surface area contributed by atoms with Gasteiger partial charge in [0.2, 0.25) is 0 Å². The number of nitrogens with zero attached hydrogens (tertiary/aromatic N) is 4. The second kappa shape index (κ2) is 7.27. The van der Waals surface area contributed by atoms with Crippen molar-refractivity contribution in [2.24, 2.45) is 5.41 Å². The number of benzene rings is 1. The largest absolute Gasteiger partial charge is 0.481 e. The summed E-state index contributed by atoms with van der Waals surface area (Å²) in [6, 6.07) is 8.24. The quantitative estimate of drug-likeness (QED) is 0.886. The second-order valence-electron chi connectivity index (χ2n) is 7.01. The van der Waals surface area contributed by atoms with E-state index in [0.717, 1.165) is 12.4 Å². The van der Waals surface area contributed by atoms with Crippen molar-refractivity contribution in [3.63, 3.8) is 0 Å². The number of carboxylic acid groups (broad SMARTS) is 1. The summed E-state index contributed by atoms with van der Waals surface area (Å²) in [5.41, 5.74) is -0.600. The van der Waals surface area contributed by atoms with Crippen LogP contribution in [0.4, 0.5) is 16.0 Å². The molecule has 0 amide bonds. The van der Waals surface area contributed by atoms with Crippen molar-refractivity contribution in [3.05, 3.63) is 48.0 Å². The van der Waals surface area contributed by atoms with Gasteiger partial charge in [0.15, 0.2) is 0 Å². The van der Waals surface area contributed by atoms with E-state index in [1.54, 1.807) is 18.2 Å². The molecule has 0 spiro atoms. The molecule has 1 aliphatic rings. The topological polar surface area (TPSA) is 69.6 Å². The number of hydrogen-bond acceptors (Lipinski definition) is 5. The van der Waals surface area contributed by atoms with Crippen LogP contribution in [0.25, 0.3) is 0 Å². The summed E-state index contributed by atoms with van der Waals surface area (Å²) in [5.74, 6) is 0.202. The zero-order valence-electron chi connectivity index (χ0n) is 15.0. The van der Waals surface area contributed by atoms with E-state index in [9.17, 15) is 14.3 Å². The third-order valence-electron chi connectivity index (χ3n) is 4.94. The highest BCUT2D eigenvalue weighted by atomic mass is 19.1. The van der Waals surface area contributed by atoms with Crippen LogP contribution in [0.2, 0.25) is 0 Å². The molecule has 26 heavy (non-hydrogen) atoms. The molecule has 1 fully saturated rings. The Morgan fingerprint density at radius 3 is 2.81 bits per heavy atom. The molecule has 1 unspecified atom stereocenters. The van der Waals surface area contributed by atoms with Crippen molar-refractivity contribution >= 4 is 17.6 Å². The molecule has 1 saturated heterocycles. The maximum Gasteiger partial charge on any atom is 0.311 e. The molecule has 1 aromatic carbocycles. The average molecular weight is 358 g/mol. The Morgan fingerprint density at radius 1 is 1.35 bits per heavy atom. The van der Waals surface area contributed by atoms with Crippen molar-refractivity contribution in [2.45, 2.75) is 19.3 Å². The van der Waals surface area contributed by atoms with Crippen molar-refractivity contribution in [3.8, 4) is 0 Å². The SMILES string of the molecule is CN(C)c1cc(N2CCCC(Cc3ccccc3F)(C(=O)O)C2)ncn1. The molecule has 1 aromatic heterocycles. The number of piperidine rings is 1. The van der Waals surface area contributed by atoms with E-state index in [1.165, 1.54) is 12.4 Å².